The summed E-state index contributed by atoms with van der Waals surface area (Å²) in [6.45, 7) is 1.34. The number of rotatable bonds is 6. The van der Waals surface area contributed by atoms with Crippen LogP contribution in [0.1, 0.15) is 12.5 Å². The predicted octanol–water partition coefficient (Wildman–Crippen LogP) is 3.46. The van der Waals surface area contributed by atoms with Gasteiger partial charge in [-0.05, 0) is 31.2 Å². The number of halogens is 3. The van der Waals surface area contributed by atoms with Gasteiger partial charge in [-0.3, -0.25) is 0 Å². The third-order valence-electron chi connectivity index (χ3n) is 3.70. The maximum atomic E-state index is 14.0. The molecule has 1 atom stereocenters. The minimum Gasteiger partial charge on any atom is -0.372 e. The van der Waals surface area contributed by atoms with Crippen molar-refractivity contribution in [3.05, 3.63) is 64.7 Å². The van der Waals surface area contributed by atoms with Crippen molar-refractivity contribution < 1.29 is 21.9 Å². The highest BCUT2D eigenvalue weighted by atomic mass is 35.5. The van der Waals surface area contributed by atoms with Gasteiger partial charge in [0, 0.05) is 19.2 Å². The van der Waals surface area contributed by atoms with Gasteiger partial charge in [0.05, 0.1) is 9.92 Å². The summed E-state index contributed by atoms with van der Waals surface area (Å²) in [7, 11) is -2.61. The first-order chi connectivity index (χ1) is 11.2. The van der Waals surface area contributed by atoms with Gasteiger partial charge in [0.15, 0.2) is 0 Å². The SMILES string of the molecule is COC(C)(CNS(=O)(=O)c1ccc(F)c(Cl)c1)c1ccccc1F. The molecule has 0 saturated heterocycles. The number of hydrogen-bond donors (Lipinski definition) is 1. The van der Waals surface area contributed by atoms with Crippen molar-refractivity contribution in [2.24, 2.45) is 0 Å². The number of methoxy groups -OCH3 is 1. The minimum absolute atomic E-state index is 0.194. The Morgan fingerprint density at radius 2 is 1.83 bits per heavy atom. The van der Waals surface area contributed by atoms with Crippen molar-refractivity contribution >= 4 is 21.6 Å². The predicted molar refractivity (Wildman–Crippen MR) is 87.4 cm³/mol. The van der Waals surface area contributed by atoms with Gasteiger partial charge in [-0.15, -0.1) is 0 Å². The Morgan fingerprint density at radius 1 is 1.17 bits per heavy atom. The maximum absolute atomic E-state index is 14.0. The summed E-state index contributed by atoms with van der Waals surface area (Å²) in [5.41, 5.74) is -1.00. The van der Waals surface area contributed by atoms with E-state index < -0.39 is 27.3 Å². The molecule has 0 spiro atoms. The Kier molecular flexibility index (Phi) is 5.59. The van der Waals surface area contributed by atoms with Crippen LogP contribution in [0.25, 0.3) is 0 Å². The average Bonchev–Trinajstić information content (AvgIpc) is 2.55. The maximum Gasteiger partial charge on any atom is 0.240 e. The second-order valence-corrected chi connectivity index (χ2v) is 7.49. The Bertz CT molecular complexity index is 845. The molecule has 0 aliphatic carbocycles. The standard InChI is InChI=1S/C16H16ClF2NO3S/c1-16(23-2,12-5-3-4-6-14(12)18)10-20-24(21,22)11-7-8-15(19)13(17)9-11/h3-9,20H,10H2,1-2H3. The molecule has 0 saturated carbocycles. The molecule has 8 heteroatoms. The quantitative estimate of drug-likeness (QED) is 0.841. The van der Waals surface area contributed by atoms with Gasteiger partial charge in [0.2, 0.25) is 10.0 Å². The van der Waals surface area contributed by atoms with Crippen LogP contribution in [0.4, 0.5) is 8.78 Å². The van der Waals surface area contributed by atoms with Gasteiger partial charge in [-0.1, -0.05) is 29.8 Å². The molecule has 2 aromatic rings. The highest BCUT2D eigenvalue weighted by Gasteiger charge is 2.31. The molecule has 4 nitrogen and oxygen atoms in total. The zero-order valence-electron chi connectivity index (χ0n) is 13.0. The third kappa shape index (κ3) is 3.92. The molecule has 0 aliphatic heterocycles. The van der Waals surface area contributed by atoms with Gasteiger partial charge in [-0.2, -0.15) is 0 Å². The second kappa shape index (κ2) is 7.14. The van der Waals surface area contributed by atoms with E-state index in [4.69, 9.17) is 16.3 Å². The van der Waals surface area contributed by atoms with Crippen LogP contribution < -0.4 is 4.72 Å². The fourth-order valence-corrected chi connectivity index (χ4v) is 3.53. The monoisotopic (exact) mass is 375 g/mol. The van der Waals surface area contributed by atoms with E-state index in [1.165, 1.54) is 25.3 Å². The highest BCUT2D eigenvalue weighted by molar-refractivity contribution is 7.89. The van der Waals surface area contributed by atoms with Gasteiger partial charge < -0.3 is 4.74 Å². The lowest BCUT2D eigenvalue weighted by atomic mass is 9.95. The summed E-state index contributed by atoms with van der Waals surface area (Å²) in [6, 6.07) is 9.00. The summed E-state index contributed by atoms with van der Waals surface area (Å²) in [4.78, 5) is -0.194. The van der Waals surface area contributed by atoms with E-state index in [2.05, 4.69) is 4.72 Å². The summed E-state index contributed by atoms with van der Waals surface area (Å²) in [5.74, 6) is -1.23. The normalized spacial score (nSPS) is 14.4. The Balaban J connectivity index is 2.26. The number of hydrogen-bond acceptors (Lipinski definition) is 3. The number of nitrogens with one attached hydrogen (secondary N) is 1. The Labute approximate surface area is 144 Å². The van der Waals surface area contributed by atoms with Crippen LogP contribution >= 0.6 is 11.6 Å². The summed E-state index contributed by atoms with van der Waals surface area (Å²) in [6.07, 6.45) is 0. The molecular weight excluding hydrogens is 360 g/mol. The summed E-state index contributed by atoms with van der Waals surface area (Å²) in [5, 5.41) is -0.304. The Hall–Kier alpha value is -1.54. The molecule has 1 N–H and O–H groups in total. The van der Waals surface area contributed by atoms with Crippen molar-refractivity contribution in [1.82, 2.24) is 4.72 Å². The lowest BCUT2D eigenvalue weighted by molar-refractivity contribution is 0.00410. The van der Waals surface area contributed by atoms with Crippen LogP contribution in [-0.4, -0.2) is 22.1 Å². The van der Waals surface area contributed by atoms with E-state index in [9.17, 15) is 17.2 Å². The van der Waals surface area contributed by atoms with Gasteiger partial charge in [-0.25, -0.2) is 21.9 Å². The van der Waals surface area contributed by atoms with Crippen LogP contribution in [0.5, 0.6) is 0 Å². The molecule has 0 amide bonds. The number of benzene rings is 2. The largest absolute Gasteiger partial charge is 0.372 e. The van der Waals surface area contributed by atoms with E-state index in [1.807, 2.05) is 0 Å². The molecule has 0 heterocycles. The van der Waals surface area contributed by atoms with Gasteiger partial charge >= 0.3 is 0 Å². The molecule has 0 aromatic heterocycles. The first kappa shape index (κ1) is 18.8. The molecule has 24 heavy (non-hydrogen) atoms. The summed E-state index contributed by atoms with van der Waals surface area (Å²) < 4.78 is 59.5. The molecule has 1 unspecified atom stereocenters. The average molecular weight is 376 g/mol. The minimum atomic E-state index is -3.97. The molecular formula is C16H16ClF2NO3S. The molecule has 0 fully saturated rings. The second-order valence-electron chi connectivity index (χ2n) is 5.32. The third-order valence-corrected chi connectivity index (χ3v) is 5.38. The lowest BCUT2D eigenvalue weighted by Crippen LogP contribution is -2.40. The highest BCUT2D eigenvalue weighted by Crippen LogP contribution is 2.27. The fourth-order valence-electron chi connectivity index (χ4n) is 2.13. The van der Waals surface area contributed by atoms with Crippen molar-refractivity contribution in [3.8, 4) is 0 Å². The lowest BCUT2D eigenvalue weighted by Gasteiger charge is -2.29. The van der Waals surface area contributed by atoms with Gasteiger partial charge in [0.1, 0.15) is 17.2 Å². The van der Waals surface area contributed by atoms with Crippen molar-refractivity contribution in [1.29, 1.82) is 0 Å². The van der Waals surface area contributed by atoms with E-state index in [0.29, 0.717) is 0 Å². The number of ether oxygens (including phenoxy) is 1. The zero-order valence-corrected chi connectivity index (χ0v) is 14.6. The van der Waals surface area contributed by atoms with Crippen LogP contribution in [0.15, 0.2) is 47.4 Å². The topological polar surface area (TPSA) is 55.4 Å². The zero-order chi connectivity index (χ0) is 18.0. The van der Waals surface area contributed by atoms with E-state index in [0.717, 1.165) is 18.2 Å². The Morgan fingerprint density at radius 3 is 2.42 bits per heavy atom. The molecule has 0 bridgehead atoms. The first-order valence-corrected chi connectivity index (χ1v) is 8.80. The smallest absolute Gasteiger partial charge is 0.240 e. The summed E-state index contributed by atoms with van der Waals surface area (Å²) >= 11 is 5.61. The molecule has 130 valence electrons. The fraction of sp³-hybridized carbons (Fsp3) is 0.250. The molecule has 2 rings (SSSR count). The van der Waals surface area contributed by atoms with E-state index >= 15 is 0 Å². The van der Waals surface area contributed by atoms with E-state index in [-0.39, 0.29) is 22.0 Å². The van der Waals surface area contributed by atoms with Crippen LogP contribution in [0.3, 0.4) is 0 Å². The first-order valence-electron chi connectivity index (χ1n) is 6.94. The van der Waals surface area contributed by atoms with Gasteiger partial charge in [0.25, 0.3) is 0 Å². The van der Waals surface area contributed by atoms with Crippen LogP contribution in [0.2, 0.25) is 5.02 Å². The van der Waals surface area contributed by atoms with Crippen LogP contribution in [0, 0.1) is 11.6 Å². The molecule has 0 radical (unpaired) electrons. The van der Waals surface area contributed by atoms with E-state index in [1.54, 1.807) is 13.0 Å². The molecule has 2 aromatic carbocycles. The van der Waals surface area contributed by atoms with Crippen LogP contribution in [-0.2, 0) is 20.4 Å². The molecule has 0 aliphatic rings. The van der Waals surface area contributed by atoms with Crippen molar-refractivity contribution in [2.45, 2.75) is 17.4 Å². The van der Waals surface area contributed by atoms with Crippen molar-refractivity contribution in [3.63, 3.8) is 0 Å². The van der Waals surface area contributed by atoms with Crippen molar-refractivity contribution in [2.75, 3.05) is 13.7 Å². The number of sulfonamides is 1.